The summed E-state index contributed by atoms with van der Waals surface area (Å²) in [5.41, 5.74) is 6.04. The topological polar surface area (TPSA) is 72.9 Å². The van der Waals surface area contributed by atoms with Gasteiger partial charge >= 0.3 is 0 Å². The van der Waals surface area contributed by atoms with Crippen LogP contribution in [0.15, 0.2) is 16.9 Å². The highest BCUT2D eigenvalue weighted by molar-refractivity contribution is 9.10. The first-order chi connectivity index (χ1) is 9.59. The zero-order chi connectivity index (χ0) is 13.9. The maximum absolute atomic E-state index is 12.3. The summed E-state index contributed by atoms with van der Waals surface area (Å²) in [5.74, 6) is 1.51. The minimum atomic E-state index is 0.00531. The highest BCUT2D eigenvalue weighted by Crippen LogP contribution is 2.54. The number of nitrogens with zero attached hydrogens (tertiary/aromatic N) is 2. The molecule has 5 nitrogen and oxygen atoms in total. The summed E-state index contributed by atoms with van der Waals surface area (Å²) < 4.78 is 2.97. The molecule has 3 aliphatic carbocycles. The lowest BCUT2D eigenvalue weighted by Gasteiger charge is -2.19. The molecule has 0 aliphatic heterocycles. The molecule has 0 radical (unpaired) electrons. The smallest absolute Gasteiger partial charge is 0.223 e. The van der Waals surface area contributed by atoms with E-state index in [1.54, 1.807) is 6.20 Å². The van der Waals surface area contributed by atoms with Gasteiger partial charge in [-0.25, -0.2) is 0 Å². The molecular formula is C14H19BrN4O. The molecule has 3 saturated carbocycles. The van der Waals surface area contributed by atoms with Crippen LogP contribution in [0, 0.1) is 17.8 Å². The Bertz CT molecular complexity index is 553. The summed E-state index contributed by atoms with van der Waals surface area (Å²) in [6.07, 6.45) is 7.96. The van der Waals surface area contributed by atoms with Crippen molar-refractivity contribution >= 4 is 21.8 Å². The Morgan fingerprint density at radius 1 is 1.50 bits per heavy atom. The van der Waals surface area contributed by atoms with Gasteiger partial charge in [0, 0.05) is 24.7 Å². The molecular weight excluding hydrogens is 320 g/mol. The van der Waals surface area contributed by atoms with E-state index in [9.17, 15) is 4.79 Å². The summed E-state index contributed by atoms with van der Waals surface area (Å²) in [4.78, 5) is 12.3. The standard InChI is InChI=1S/C14H19BrN4O/c15-8-5-18-19(6-8)14(1-2-14)7-17-13(20)11-4-12(16)10-3-9(10)11/h5-6,9-12H,1-4,7,16H2,(H,17,20)/t9-,10+,11-,12+/m0/s1. The molecule has 0 spiro atoms. The van der Waals surface area contributed by atoms with Crippen molar-refractivity contribution in [2.24, 2.45) is 23.5 Å². The molecule has 4 rings (SSSR count). The zero-order valence-electron chi connectivity index (χ0n) is 11.3. The molecule has 20 heavy (non-hydrogen) atoms. The van der Waals surface area contributed by atoms with Crippen molar-refractivity contribution in [3.63, 3.8) is 0 Å². The molecule has 0 bridgehead atoms. The van der Waals surface area contributed by atoms with Gasteiger partial charge in [-0.3, -0.25) is 9.48 Å². The molecule has 3 aliphatic rings. The Balaban J connectivity index is 1.38. The molecule has 0 saturated heterocycles. The quantitative estimate of drug-likeness (QED) is 0.867. The van der Waals surface area contributed by atoms with E-state index < -0.39 is 0 Å². The van der Waals surface area contributed by atoms with Gasteiger partial charge in [-0.1, -0.05) is 0 Å². The zero-order valence-corrected chi connectivity index (χ0v) is 12.8. The van der Waals surface area contributed by atoms with Crippen LogP contribution in [-0.2, 0) is 10.3 Å². The number of fused-ring (bicyclic) bond motifs is 1. The SMILES string of the molecule is N[C@@H]1C[C@H](C(=O)NCC2(n3cc(Br)cn3)CC2)[C@H]2C[C@H]21. The number of aromatic nitrogens is 2. The predicted molar refractivity (Wildman–Crippen MR) is 77.8 cm³/mol. The van der Waals surface area contributed by atoms with Gasteiger partial charge in [0.25, 0.3) is 0 Å². The van der Waals surface area contributed by atoms with Gasteiger partial charge in [-0.2, -0.15) is 5.10 Å². The molecule has 0 aromatic carbocycles. The molecule has 0 unspecified atom stereocenters. The van der Waals surface area contributed by atoms with Gasteiger partial charge in [0.2, 0.25) is 5.91 Å². The van der Waals surface area contributed by atoms with Crippen LogP contribution >= 0.6 is 15.9 Å². The fourth-order valence-electron chi connectivity index (χ4n) is 3.71. The second-order valence-corrected chi connectivity index (χ2v) is 7.53. The van der Waals surface area contributed by atoms with Crippen molar-refractivity contribution < 1.29 is 4.79 Å². The van der Waals surface area contributed by atoms with E-state index in [0.29, 0.717) is 18.4 Å². The fraction of sp³-hybridized carbons (Fsp3) is 0.714. The molecule has 1 aromatic heterocycles. The van der Waals surface area contributed by atoms with Crippen molar-refractivity contribution in [1.82, 2.24) is 15.1 Å². The van der Waals surface area contributed by atoms with Crippen LogP contribution in [-0.4, -0.2) is 28.3 Å². The van der Waals surface area contributed by atoms with Gasteiger partial charge < -0.3 is 11.1 Å². The van der Waals surface area contributed by atoms with Gasteiger partial charge in [0.15, 0.2) is 0 Å². The van der Waals surface area contributed by atoms with Gasteiger partial charge in [0.1, 0.15) is 0 Å². The minimum absolute atomic E-state index is 0.00531. The minimum Gasteiger partial charge on any atom is -0.353 e. The van der Waals surface area contributed by atoms with Gasteiger partial charge in [-0.05, 0) is 53.4 Å². The van der Waals surface area contributed by atoms with Crippen LogP contribution in [0.2, 0.25) is 0 Å². The third-order valence-electron chi connectivity index (χ3n) is 5.28. The lowest BCUT2D eigenvalue weighted by Crippen LogP contribution is -2.39. The summed E-state index contributed by atoms with van der Waals surface area (Å²) in [5, 5.41) is 7.50. The van der Waals surface area contributed by atoms with Crippen LogP contribution in [0.25, 0.3) is 0 Å². The van der Waals surface area contributed by atoms with Crippen molar-refractivity contribution in [3.8, 4) is 0 Å². The number of carbonyl (C=O) groups excluding carboxylic acids is 1. The maximum Gasteiger partial charge on any atom is 0.223 e. The van der Waals surface area contributed by atoms with E-state index in [-0.39, 0.29) is 23.4 Å². The Morgan fingerprint density at radius 2 is 2.30 bits per heavy atom. The van der Waals surface area contributed by atoms with Crippen molar-refractivity contribution in [2.45, 2.75) is 37.3 Å². The Morgan fingerprint density at radius 3 is 2.80 bits per heavy atom. The number of hydrogen-bond donors (Lipinski definition) is 2. The molecule has 6 heteroatoms. The summed E-state index contributed by atoms with van der Waals surface area (Å²) >= 11 is 3.42. The first-order valence-corrected chi connectivity index (χ1v) is 8.12. The van der Waals surface area contributed by atoms with E-state index in [0.717, 1.165) is 30.2 Å². The first kappa shape index (κ1) is 12.8. The van der Waals surface area contributed by atoms with E-state index in [1.165, 1.54) is 0 Å². The third kappa shape index (κ3) is 2.00. The maximum atomic E-state index is 12.3. The van der Waals surface area contributed by atoms with E-state index in [1.807, 2.05) is 10.9 Å². The predicted octanol–water partition coefficient (Wildman–Crippen LogP) is 1.23. The number of hydrogen-bond acceptors (Lipinski definition) is 3. The average molecular weight is 339 g/mol. The third-order valence-corrected chi connectivity index (χ3v) is 5.69. The second kappa shape index (κ2) is 4.31. The largest absolute Gasteiger partial charge is 0.353 e. The Labute approximate surface area is 126 Å². The van der Waals surface area contributed by atoms with Crippen LogP contribution in [0.1, 0.15) is 25.7 Å². The van der Waals surface area contributed by atoms with E-state index in [4.69, 9.17) is 5.73 Å². The summed E-state index contributed by atoms with van der Waals surface area (Å²) in [6.45, 7) is 0.684. The van der Waals surface area contributed by atoms with Crippen LogP contribution in [0.3, 0.4) is 0 Å². The molecule has 3 N–H and O–H groups in total. The molecule has 3 fully saturated rings. The molecule has 1 amide bonds. The second-order valence-electron chi connectivity index (χ2n) is 6.61. The number of nitrogens with one attached hydrogen (secondary N) is 1. The van der Waals surface area contributed by atoms with E-state index in [2.05, 4.69) is 26.3 Å². The Hall–Kier alpha value is -0.880. The molecule has 4 atom stereocenters. The number of rotatable bonds is 4. The van der Waals surface area contributed by atoms with Crippen LogP contribution < -0.4 is 11.1 Å². The summed E-state index contributed by atoms with van der Waals surface area (Å²) in [7, 11) is 0. The highest BCUT2D eigenvalue weighted by Gasteiger charge is 2.55. The number of nitrogens with two attached hydrogens (primary N) is 1. The molecule has 1 heterocycles. The van der Waals surface area contributed by atoms with Crippen LogP contribution in [0.4, 0.5) is 0 Å². The first-order valence-electron chi connectivity index (χ1n) is 7.33. The summed E-state index contributed by atoms with van der Waals surface area (Å²) in [6, 6.07) is 0.243. The van der Waals surface area contributed by atoms with Gasteiger partial charge in [0.05, 0.1) is 16.2 Å². The highest BCUT2D eigenvalue weighted by atomic mass is 79.9. The molecule has 1 aromatic rings. The fourth-order valence-corrected chi connectivity index (χ4v) is 3.99. The van der Waals surface area contributed by atoms with Crippen molar-refractivity contribution in [3.05, 3.63) is 16.9 Å². The average Bonchev–Trinajstić information content (AvgIpc) is 3.32. The lowest BCUT2D eigenvalue weighted by molar-refractivity contribution is -0.125. The van der Waals surface area contributed by atoms with Crippen LogP contribution in [0.5, 0.6) is 0 Å². The van der Waals surface area contributed by atoms with Crippen molar-refractivity contribution in [1.29, 1.82) is 0 Å². The normalized spacial score (nSPS) is 36.5. The number of halogens is 1. The number of amides is 1. The van der Waals surface area contributed by atoms with Crippen molar-refractivity contribution in [2.75, 3.05) is 6.54 Å². The van der Waals surface area contributed by atoms with Gasteiger partial charge in [-0.15, -0.1) is 0 Å². The lowest BCUT2D eigenvalue weighted by atomic mass is 10.0. The Kier molecular flexibility index (Phi) is 2.76. The molecule has 108 valence electrons. The number of carbonyl (C=O) groups is 1. The van der Waals surface area contributed by atoms with E-state index >= 15 is 0 Å². The monoisotopic (exact) mass is 338 g/mol.